The Morgan fingerprint density at radius 2 is 1.80 bits per heavy atom. The summed E-state index contributed by atoms with van der Waals surface area (Å²) in [5, 5.41) is 25.1. The fraction of sp³-hybridized carbons (Fsp3) is 0.586. The standard InChI is InChI=1S/C29H36N2O9/c1-12(2)16-8-14(10-31-27(38)40-11-28(3,4)5)22(33)20-17(16)7-13-6-15-9-18(32)21(26(30)37)25(36)29(15,39)24(35)19(13)23(20)34/h8,12-13,15,19,21,33,39H,6-7,9-11H2,1-5H3,(H2,30,37)(H,31,38)/t13-,15+,19?,21?,29+/m1/s1. The molecule has 2 fully saturated rings. The summed E-state index contributed by atoms with van der Waals surface area (Å²) in [5.41, 5.74) is 3.73. The number of nitrogens with one attached hydrogen (secondary N) is 1. The van der Waals surface area contributed by atoms with Crippen molar-refractivity contribution in [2.24, 2.45) is 34.8 Å². The highest BCUT2D eigenvalue weighted by atomic mass is 16.5. The summed E-state index contributed by atoms with van der Waals surface area (Å²) in [4.78, 5) is 77.2. The molecule has 5 N–H and O–H groups in total. The molecule has 11 heteroatoms. The second-order valence-corrected chi connectivity index (χ2v) is 12.7. The molecule has 1 aromatic rings. The number of phenols is 1. The summed E-state index contributed by atoms with van der Waals surface area (Å²) in [6.45, 7) is 9.55. The van der Waals surface area contributed by atoms with Crippen LogP contribution in [-0.4, -0.2) is 57.6 Å². The number of hydrogen-bond donors (Lipinski definition) is 4. The van der Waals surface area contributed by atoms with E-state index >= 15 is 0 Å². The van der Waals surface area contributed by atoms with Gasteiger partial charge < -0.3 is 26.0 Å². The molecule has 0 heterocycles. The highest BCUT2D eigenvalue weighted by Crippen LogP contribution is 2.51. The number of carbonyl (C=O) groups excluding carboxylic acids is 6. The molecule has 40 heavy (non-hydrogen) atoms. The Balaban J connectivity index is 1.71. The van der Waals surface area contributed by atoms with Crippen LogP contribution < -0.4 is 11.1 Å². The quantitative estimate of drug-likeness (QED) is 0.391. The lowest BCUT2D eigenvalue weighted by atomic mass is 9.53. The van der Waals surface area contributed by atoms with E-state index in [1.165, 1.54) is 0 Å². The number of benzene rings is 1. The van der Waals surface area contributed by atoms with Crippen LogP contribution in [0, 0.1) is 29.1 Å². The third kappa shape index (κ3) is 4.80. The zero-order valence-electron chi connectivity index (χ0n) is 23.3. The molecular weight excluding hydrogens is 520 g/mol. The molecule has 3 aliphatic carbocycles. The number of ether oxygens (including phenoxy) is 1. The first-order chi connectivity index (χ1) is 18.5. The molecule has 4 rings (SSSR count). The molecule has 3 aliphatic rings. The molecule has 0 radical (unpaired) electrons. The summed E-state index contributed by atoms with van der Waals surface area (Å²) in [6.07, 6.45) is -0.852. The number of hydrogen-bond acceptors (Lipinski definition) is 9. The number of alkyl carbamates (subject to hydrolysis) is 1. The lowest BCUT2D eigenvalue weighted by molar-refractivity contribution is -0.175. The second-order valence-electron chi connectivity index (χ2n) is 12.7. The molecule has 0 aliphatic heterocycles. The molecule has 2 amide bonds. The van der Waals surface area contributed by atoms with Crippen molar-refractivity contribution in [2.45, 2.75) is 71.9 Å². The van der Waals surface area contributed by atoms with E-state index in [2.05, 4.69) is 5.32 Å². The number of ketones is 4. The minimum absolute atomic E-state index is 0.0300. The average molecular weight is 557 g/mol. The van der Waals surface area contributed by atoms with E-state index in [4.69, 9.17) is 10.5 Å². The lowest BCUT2D eigenvalue weighted by Crippen LogP contribution is -2.68. The molecule has 0 spiro atoms. The number of amides is 2. The van der Waals surface area contributed by atoms with Gasteiger partial charge in [-0.15, -0.1) is 0 Å². The number of fused-ring (bicyclic) bond motifs is 3. The van der Waals surface area contributed by atoms with Crippen molar-refractivity contribution in [1.82, 2.24) is 5.32 Å². The van der Waals surface area contributed by atoms with Crippen LogP contribution in [0.25, 0.3) is 0 Å². The van der Waals surface area contributed by atoms with Crippen molar-refractivity contribution in [2.75, 3.05) is 6.61 Å². The molecule has 0 bridgehead atoms. The first kappa shape index (κ1) is 29.4. The minimum atomic E-state index is -2.70. The normalized spacial score (nSPS) is 28.1. The van der Waals surface area contributed by atoms with Crippen LogP contribution in [0.3, 0.4) is 0 Å². The Morgan fingerprint density at radius 3 is 2.38 bits per heavy atom. The van der Waals surface area contributed by atoms with Gasteiger partial charge in [0.2, 0.25) is 5.91 Å². The predicted molar refractivity (Wildman–Crippen MR) is 140 cm³/mol. The van der Waals surface area contributed by atoms with Gasteiger partial charge in [0, 0.05) is 24.4 Å². The molecule has 1 aromatic carbocycles. The Morgan fingerprint density at radius 1 is 1.15 bits per heavy atom. The number of carbonyl (C=O) groups is 6. The van der Waals surface area contributed by atoms with Crippen LogP contribution in [0.1, 0.15) is 80.4 Å². The third-order valence-electron chi connectivity index (χ3n) is 8.20. The van der Waals surface area contributed by atoms with Crippen molar-refractivity contribution in [3.8, 4) is 5.75 Å². The maximum atomic E-state index is 13.9. The molecule has 5 atom stereocenters. The Kier molecular flexibility index (Phi) is 7.42. The van der Waals surface area contributed by atoms with Gasteiger partial charge in [-0.3, -0.25) is 24.0 Å². The lowest BCUT2D eigenvalue weighted by Gasteiger charge is -2.48. The number of aromatic hydroxyl groups is 1. The predicted octanol–water partition coefficient (Wildman–Crippen LogP) is 1.72. The van der Waals surface area contributed by atoms with Crippen LogP contribution in [0.2, 0.25) is 0 Å². The van der Waals surface area contributed by atoms with Crippen LogP contribution in [0.5, 0.6) is 5.75 Å². The van der Waals surface area contributed by atoms with Gasteiger partial charge in [-0.05, 0) is 47.3 Å². The Labute approximate surface area is 231 Å². The largest absolute Gasteiger partial charge is 0.507 e. The Hall–Kier alpha value is -3.60. The minimum Gasteiger partial charge on any atom is -0.507 e. The van der Waals surface area contributed by atoms with Crippen molar-refractivity contribution in [3.63, 3.8) is 0 Å². The topological polar surface area (TPSA) is 190 Å². The summed E-state index contributed by atoms with van der Waals surface area (Å²) in [6, 6.07) is 1.71. The number of primary amides is 1. The van der Waals surface area contributed by atoms with Crippen molar-refractivity contribution < 1.29 is 43.7 Å². The van der Waals surface area contributed by atoms with Gasteiger partial charge in [-0.2, -0.15) is 0 Å². The van der Waals surface area contributed by atoms with Crippen LogP contribution in [0.15, 0.2) is 6.07 Å². The van der Waals surface area contributed by atoms with Gasteiger partial charge in [-0.25, -0.2) is 4.79 Å². The van der Waals surface area contributed by atoms with Gasteiger partial charge in [0.25, 0.3) is 0 Å². The van der Waals surface area contributed by atoms with E-state index in [9.17, 15) is 39.0 Å². The smallest absolute Gasteiger partial charge is 0.407 e. The van der Waals surface area contributed by atoms with Gasteiger partial charge in [0.15, 0.2) is 34.7 Å². The monoisotopic (exact) mass is 556 g/mol. The van der Waals surface area contributed by atoms with Gasteiger partial charge in [0.05, 0.1) is 18.1 Å². The summed E-state index contributed by atoms with van der Waals surface area (Å²) in [7, 11) is 0. The second kappa shape index (κ2) is 10.1. The number of nitrogens with two attached hydrogens (primary N) is 1. The van der Waals surface area contributed by atoms with Crippen molar-refractivity contribution in [3.05, 3.63) is 28.3 Å². The highest BCUT2D eigenvalue weighted by molar-refractivity contribution is 6.31. The number of rotatable bonds is 5. The molecule has 216 valence electrons. The van der Waals surface area contributed by atoms with Crippen molar-refractivity contribution >= 4 is 35.1 Å². The van der Waals surface area contributed by atoms with Gasteiger partial charge in [0.1, 0.15) is 5.75 Å². The summed E-state index contributed by atoms with van der Waals surface area (Å²) < 4.78 is 5.21. The zero-order valence-corrected chi connectivity index (χ0v) is 23.3. The van der Waals surface area contributed by atoms with Crippen LogP contribution >= 0.6 is 0 Å². The van der Waals surface area contributed by atoms with E-state index in [0.29, 0.717) is 5.56 Å². The number of aliphatic hydroxyl groups is 1. The summed E-state index contributed by atoms with van der Waals surface area (Å²) in [5.74, 6) is -10.7. The molecule has 11 nitrogen and oxygen atoms in total. The molecule has 2 unspecified atom stereocenters. The van der Waals surface area contributed by atoms with Gasteiger partial charge in [-0.1, -0.05) is 34.6 Å². The highest BCUT2D eigenvalue weighted by Gasteiger charge is 2.66. The van der Waals surface area contributed by atoms with Crippen LogP contribution in [0.4, 0.5) is 4.79 Å². The number of Topliss-reactive ketones (excluding diaryl/α,β-unsaturated/α-hetero) is 4. The molecule has 0 saturated heterocycles. The zero-order chi connectivity index (χ0) is 29.9. The average Bonchev–Trinajstić information content (AvgIpc) is 2.83. The fourth-order valence-electron chi connectivity index (χ4n) is 6.27. The summed E-state index contributed by atoms with van der Waals surface area (Å²) >= 11 is 0. The Bertz CT molecular complexity index is 1330. The van der Waals surface area contributed by atoms with E-state index in [1.54, 1.807) is 6.07 Å². The fourth-order valence-corrected chi connectivity index (χ4v) is 6.27. The number of phenolic OH excluding ortho intramolecular Hbond substituents is 1. The first-order valence-electron chi connectivity index (χ1n) is 13.4. The van der Waals surface area contributed by atoms with Crippen LogP contribution in [-0.2, 0) is 36.9 Å². The maximum Gasteiger partial charge on any atom is 0.407 e. The van der Waals surface area contributed by atoms with Crippen molar-refractivity contribution in [1.29, 1.82) is 0 Å². The SMILES string of the molecule is CC(C)c1cc(CNC(=O)OCC(C)(C)C)c(O)c2c1C[C@H]1C[C@H]3CC(=O)C(C(N)=O)C(=O)[C@@]3(O)C(=O)C1C2=O. The van der Waals surface area contributed by atoms with E-state index in [0.717, 1.165) is 5.56 Å². The molecule has 2 saturated carbocycles. The molecule has 0 aromatic heterocycles. The molecular formula is C29H36N2O9. The first-order valence-corrected chi connectivity index (χ1v) is 13.4. The van der Waals surface area contributed by atoms with Gasteiger partial charge >= 0.3 is 6.09 Å². The maximum absolute atomic E-state index is 13.9. The third-order valence-corrected chi connectivity index (χ3v) is 8.20. The van der Waals surface area contributed by atoms with E-state index in [-0.39, 0.29) is 54.9 Å². The van der Waals surface area contributed by atoms with E-state index in [1.807, 2.05) is 34.6 Å². The van der Waals surface area contributed by atoms with E-state index < -0.39 is 70.2 Å².